The summed E-state index contributed by atoms with van der Waals surface area (Å²) in [6, 6.07) is 63.9. The minimum atomic E-state index is 0.650. The number of aromatic nitrogens is 2. The minimum Gasteiger partial charge on any atom is -0.456 e. The van der Waals surface area contributed by atoms with Gasteiger partial charge < -0.3 is 4.42 Å². The van der Waals surface area contributed by atoms with Crippen LogP contribution in [0.2, 0.25) is 0 Å². The lowest BCUT2D eigenvalue weighted by atomic mass is 9.94. The van der Waals surface area contributed by atoms with E-state index in [0.29, 0.717) is 5.82 Å². The van der Waals surface area contributed by atoms with Crippen molar-refractivity contribution in [2.45, 2.75) is 0 Å². The van der Waals surface area contributed by atoms with Gasteiger partial charge in [-0.1, -0.05) is 146 Å². The Hall–Kier alpha value is -6.84. The smallest absolute Gasteiger partial charge is 0.160 e. The van der Waals surface area contributed by atoms with Crippen molar-refractivity contribution in [2.75, 3.05) is 0 Å². The third kappa shape index (κ3) is 5.24. The van der Waals surface area contributed by atoms with Crippen LogP contribution in [0.25, 0.3) is 99.6 Å². The standard InChI is InChI=1S/C48H30N2O/c1-3-12-34(13-4-1)43-30-44(35-14-5-2-6-15-35)50-48(49-43)40-27-41(47-42-26-37-17-9-10-18-38(37)28-45(42)51-46(47)29-40)33-22-19-32(20-23-33)39-24-21-31-11-7-8-16-36(31)25-39/h1-30H. The molecule has 0 atom stereocenters. The van der Waals surface area contributed by atoms with Crippen LogP contribution in [-0.2, 0) is 0 Å². The van der Waals surface area contributed by atoms with Gasteiger partial charge in [-0.15, -0.1) is 0 Å². The van der Waals surface area contributed by atoms with Gasteiger partial charge in [-0.25, -0.2) is 9.97 Å². The molecule has 0 fully saturated rings. The molecule has 10 aromatic rings. The molecule has 0 aliphatic rings. The Morgan fingerprint density at radius 3 is 1.55 bits per heavy atom. The molecule has 0 saturated carbocycles. The molecule has 0 amide bonds. The molecule has 0 N–H and O–H groups in total. The number of rotatable bonds is 5. The average molecular weight is 651 g/mol. The van der Waals surface area contributed by atoms with E-state index in [1.165, 1.54) is 27.3 Å². The maximum atomic E-state index is 6.69. The molecule has 51 heavy (non-hydrogen) atoms. The van der Waals surface area contributed by atoms with Crippen LogP contribution < -0.4 is 0 Å². The van der Waals surface area contributed by atoms with Gasteiger partial charge in [0.2, 0.25) is 0 Å². The molecule has 0 spiro atoms. The summed E-state index contributed by atoms with van der Waals surface area (Å²) in [5, 5.41) is 6.98. The fraction of sp³-hybridized carbons (Fsp3) is 0. The first kappa shape index (κ1) is 29.1. The van der Waals surface area contributed by atoms with Crippen LogP contribution in [0.1, 0.15) is 0 Å². The maximum Gasteiger partial charge on any atom is 0.160 e. The predicted molar refractivity (Wildman–Crippen MR) is 212 cm³/mol. The summed E-state index contributed by atoms with van der Waals surface area (Å²) in [7, 11) is 0. The zero-order chi connectivity index (χ0) is 33.7. The van der Waals surface area contributed by atoms with Gasteiger partial charge in [-0.3, -0.25) is 0 Å². The van der Waals surface area contributed by atoms with Gasteiger partial charge in [0, 0.05) is 27.5 Å². The minimum absolute atomic E-state index is 0.650. The molecule has 0 saturated heterocycles. The zero-order valence-corrected chi connectivity index (χ0v) is 27.6. The first-order chi connectivity index (χ1) is 25.2. The monoisotopic (exact) mass is 650 g/mol. The highest BCUT2D eigenvalue weighted by Crippen LogP contribution is 2.42. The second kappa shape index (κ2) is 11.9. The molecule has 238 valence electrons. The van der Waals surface area contributed by atoms with Crippen molar-refractivity contribution < 1.29 is 4.42 Å². The van der Waals surface area contributed by atoms with Crippen LogP contribution in [0.3, 0.4) is 0 Å². The summed E-state index contributed by atoms with van der Waals surface area (Å²) in [6.45, 7) is 0. The molecule has 3 nitrogen and oxygen atoms in total. The quantitative estimate of drug-likeness (QED) is 0.186. The van der Waals surface area contributed by atoms with Gasteiger partial charge in [0.25, 0.3) is 0 Å². The maximum absolute atomic E-state index is 6.69. The fourth-order valence-corrected chi connectivity index (χ4v) is 7.25. The van der Waals surface area contributed by atoms with Gasteiger partial charge >= 0.3 is 0 Å². The molecule has 8 aromatic carbocycles. The van der Waals surface area contributed by atoms with Gasteiger partial charge in [0.15, 0.2) is 5.82 Å². The molecule has 0 aliphatic heterocycles. The van der Waals surface area contributed by atoms with E-state index in [0.717, 1.165) is 66.5 Å². The third-order valence-electron chi connectivity index (χ3n) is 9.84. The number of fused-ring (bicyclic) bond motifs is 5. The summed E-state index contributed by atoms with van der Waals surface area (Å²) in [5.74, 6) is 0.650. The van der Waals surface area contributed by atoms with Crippen molar-refractivity contribution in [3.63, 3.8) is 0 Å². The van der Waals surface area contributed by atoms with Crippen molar-refractivity contribution in [2.24, 2.45) is 0 Å². The van der Waals surface area contributed by atoms with Crippen LogP contribution in [0.5, 0.6) is 0 Å². The number of nitrogens with zero attached hydrogens (tertiary/aromatic N) is 2. The lowest BCUT2D eigenvalue weighted by Crippen LogP contribution is -1.96. The molecule has 0 unspecified atom stereocenters. The van der Waals surface area contributed by atoms with Gasteiger partial charge in [-0.2, -0.15) is 0 Å². The Balaban J connectivity index is 1.19. The molecule has 0 aliphatic carbocycles. The molecule has 2 heterocycles. The first-order valence-corrected chi connectivity index (χ1v) is 17.2. The molecule has 3 heteroatoms. The van der Waals surface area contributed by atoms with Crippen molar-refractivity contribution in [1.29, 1.82) is 0 Å². The average Bonchev–Trinajstić information content (AvgIpc) is 3.57. The Bertz CT molecular complexity index is 2830. The lowest BCUT2D eigenvalue weighted by molar-refractivity contribution is 0.669. The molecular weight excluding hydrogens is 621 g/mol. The van der Waals surface area contributed by atoms with Crippen molar-refractivity contribution in [3.05, 3.63) is 182 Å². The van der Waals surface area contributed by atoms with Gasteiger partial charge in [0.05, 0.1) is 11.4 Å². The van der Waals surface area contributed by atoms with E-state index >= 15 is 0 Å². The lowest BCUT2D eigenvalue weighted by Gasteiger charge is -2.12. The molecule has 2 aromatic heterocycles. The van der Waals surface area contributed by atoms with Crippen molar-refractivity contribution >= 4 is 43.5 Å². The Labute approximate surface area is 295 Å². The first-order valence-electron chi connectivity index (χ1n) is 17.2. The molecule has 10 rings (SSSR count). The van der Waals surface area contributed by atoms with E-state index in [9.17, 15) is 0 Å². The summed E-state index contributed by atoms with van der Waals surface area (Å²) in [4.78, 5) is 10.3. The third-order valence-corrected chi connectivity index (χ3v) is 9.84. The van der Waals surface area contributed by atoms with Crippen molar-refractivity contribution in [1.82, 2.24) is 9.97 Å². The Morgan fingerprint density at radius 2 is 0.882 bits per heavy atom. The van der Waals surface area contributed by atoms with E-state index in [1.807, 2.05) is 36.4 Å². The summed E-state index contributed by atoms with van der Waals surface area (Å²) in [5.41, 5.74) is 10.9. The van der Waals surface area contributed by atoms with Gasteiger partial charge in [0.1, 0.15) is 11.2 Å². The SMILES string of the molecule is c1ccc(-c2cc(-c3ccccc3)nc(-c3cc(-c4ccc(-c5ccc6ccccc6c5)cc4)c4c(c3)oc3cc5ccccc5cc34)n2)cc1. The number of hydrogen-bond donors (Lipinski definition) is 0. The van der Waals surface area contributed by atoms with E-state index in [2.05, 4.69) is 146 Å². The summed E-state index contributed by atoms with van der Waals surface area (Å²) >= 11 is 0. The number of benzene rings is 8. The van der Waals surface area contributed by atoms with E-state index in [1.54, 1.807) is 0 Å². The van der Waals surface area contributed by atoms with Gasteiger partial charge in [-0.05, 0) is 80.2 Å². The highest BCUT2D eigenvalue weighted by atomic mass is 16.3. The van der Waals surface area contributed by atoms with Crippen LogP contribution in [-0.4, -0.2) is 9.97 Å². The van der Waals surface area contributed by atoms with Crippen molar-refractivity contribution in [3.8, 4) is 56.2 Å². The van der Waals surface area contributed by atoms with E-state index in [-0.39, 0.29) is 0 Å². The Morgan fingerprint density at radius 1 is 0.333 bits per heavy atom. The predicted octanol–water partition coefficient (Wildman–Crippen LogP) is 13.0. The molecule has 0 radical (unpaired) electrons. The highest BCUT2D eigenvalue weighted by molar-refractivity contribution is 6.16. The van der Waals surface area contributed by atoms with Crippen LogP contribution in [0.4, 0.5) is 0 Å². The van der Waals surface area contributed by atoms with E-state index < -0.39 is 0 Å². The Kier molecular flexibility index (Phi) is 6.81. The number of hydrogen-bond acceptors (Lipinski definition) is 3. The molecular formula is C48H30N2O. The van der Waals surface area contributed by atoms with Crippen LogP contribution in [0, 0.1) is 0 Å². The summed E-state index contributed by atoms with van der Waals surface area (Å²) in [6.07, 6.45) is 0. The zero-order valence-electron chi connectivity index (χ0n) is 27.6. The topological polar surface area (TPSA) is 38.9 Å². The fourth-order valence-electron chi connectivity index (χ4n) is 7.25. The van der Waals surface area contributed by atoms with Crippen LogP contribution in [0.15, 0.2) is 186 Å². The second-order valence-corrected chi connectivity index (χ2v) is 13.0. The number of furan rings is 1. The van der Waals surface area contributed by atoms with Crippen LogP contribution >= 0.6 is 0 Å². The normalized spacial score (nSPS) is 11.5. The largest absolute Gasteiger partial charge is 0.456 e. The highest BCUT2D eigenvalue weighted by Gasteiger charge is 2.19. The summed E-state index contributed by atoms with van der Waals surface area (Å²) < 4.78 is 6.69. The van der Waals surface area contributed by atoms with E-state index in [4.69, 9.17) is 14.4 Å². The molecule has 0 bridgehead atoms. The second-order valence-electron chi connectivity index (χ2n) is 13.0.